The molecule has 194 valence electrons. The van der Waals surface area contributed by atoms with Gasteiger partial charge in [0.15, 0.2) is 10.5 Å². The quantitative estimate of drug-likeness (QED) is 0.244. The van der Waals surface area contributed by atoms with Gasteiger partial charge < -0.3 is 0 Å². The van der Waals surface area contributed by atoms with Gasteiger partial charge in [0.1, 0.15) is 10.0 Å². The van der Waals surface area contributed by atoms with Gasteiger partial charge in [0.2, 0.25) is 9.84 Å². The van der Waals surface area contributed by atoms with Crippen molar-refractivity contribution in [2.75, 3.05) is 0 Å². The number of thiazole rings is 2. The molecule has 0 saturated carbocycles. The lowest BCUT2D eigenvalue weighted by atomic mass is 10.1. The number of hydrogen-bond acceptors (Lipinski definition) is 8. The molecule has 1 N–H and O–H groups in total. The first-order valence-corrected chi connectivity index (χ1v) is 15.4. The van der Waals surface area contributed by atoms with Crippen molar-refractivity contribution in [3.8, 4) is 26.8 Å². The molecule has 0 unspecified atom stereocenters. The van der Waals surface area contributed by atoms with E-state index in [9.17, 15) is 13.8 Å². The molecule has 0 radical (unpaired) electrons. The molecule has 0 fully saturated rings. The first-order chi connectivity index (χ1) is 19.5. The number of fused-ring (bicyclic) bond motifs is 2. The third-order valence-electron chi connectivity index (χ3n) is 6.43. The number of rotatable bonds is 5. The average molecular weight is 578 g/mol. The topological polar surface area (TPSA) is 102 Å². The van der Waals surface area contributed by atoms with Crippen molar-refractivity contribution in [3.05, 3.63) is 115 Å². The molecule has 0 amide bonds. The minimum atomic E-state index is -4.13. The Bertz CT molecular complexity index is 2140. The number of benzene rings is 4. The highest BCUT2D eigenvalue weighted by molar-refractivity contribution is 7.91. The van der Waals surface area contributed by atoms with E-state index >= 15 is 0 Å². The van der Waals surface area contributed by atoms with Gasteiger partial charge in [-0.2, -0.15) is 5.10 Å². The summed E-state index contributed by atoms with van der Waals surface area (Å²) in [5.74, 6) is 0. The van der Waals surface area contributed by atoms with Crippen molar-refractivity contribution < 1.29 is 8.42 Å². The Morgan fingerprint density at radius 2 is 1.12 bits per heavy atom. The zero-order valence-corrected chi connectivity index (χ0v) is 23.2. The van der Waals surface area contributed by atoms with Gasteiger partial charge >= 0.3 is 0 Å². The Morgan fingerprint density at radius 3 is 1.70 bits per heavy atom. The number of nitrogens with zero attached hydrogens (tertiary/aromatic N) is 4. The summed E-state index contributed by atoms with van der Waals surface area (Å²) in [7, 11) is -4.13. The molecule has 0 aliphatic carbocycles. The van der Waals surface area contributed by atoms with E-state index in [1.165, 1.54) is 27.4 Å². The van der Waals surface area contributed by atoms with E-state index < -0.39 is 9.84 Å². The third kappa shape index (κ3) is 4.04. The van der Waals surface area contributed by atoms with Gasteiger partial charge in [-0.3, -0.25) is 5.41 Å². The van der Waals surface area contributed by atoms with E-state index in [0.717, 1.165) is 20.4 Å². The van der Waals surface area contributed by atoms with Crippen LogP contribution in [0.5, 0.6) is 0 Å². The summed E-state index contributed by atoms with van der Waals surface area (Å²) in [6.07, 6.45) is 0. The van der Waals surface area contributed by atoms with Crippen LogP contribution in [0.25, 0.3) is 47.3 Å². The van der Waals surface area contributed by atoms with Gasteiger partial charge in [-0.25, -0.2) is 23.1 Å². The van der Waals surface area contributed by atoms with Gasteiger partial charge in [-0.15, -0.1) is 22.7 Å². The zero-order valence-electron chi connectivity index (χ0n) is 20.7. The van der Waals surface area contributed by atoms with Gasteiger partial charge in [-0.05, 0) is 48.5 Å². The molecule has 10 heteroatoms. The molecule has 0 aliphatic rings. The number of nitrogens with one attached hydrogen (secondary N) is 1. The normalized spacial score (nSPS) is 11.8. The number of hydrogen-bond donors (Lipinski definition) is 1. The molecule has 3 aromatic heterocycles. The number of sulfone groups is 1. The van der Waals surface area contributed by atoms with E-state index in [1.807, 2.05) is 66.7 Å². The summed E-state index contributed by atoms with van der Waals surface area (Å²) in [6, 6.07) is 32.7. The third-order valence-corrected chi connectivity index (χ3v) is 10.2. The summed E-state index contributed by atoms with van der Waals surface area (Å²) >= 11 is 2.78. The molecule has 0 saturated heterocycles. The molecule has 7 aromatic rings. The highest BCUT2D eigenvalue weighted by atomic mass is 32.2. The fourth-order valence-electron chi connectivity index (χ4n) is 4.54. The summed E-state index contributed by atoms with van der Waals surface area (Å²) in [4.78, 5) is 9.80. The minimum absolute atomic E-state index is 0.0199. The van der Waals surface area contributed by atoms with Gasteiger partial charge in [0.05, 0.1) is 42.1 Å². The first kappa shape index (κ1) is 24.5. The Balaban J connectivity index is 1.66. The Morgan fingerprint density at radius 1 is 0.625 bits per heavy atom. The predicted octanol–water partition coefficient (Wildman–Crippen LogP) is 6.74. The molecule has 3 heterocycles. The fourth-order valence-corrected chi connectivity index (χ4v) is 8.04. The van der Waals surface area contributed by atoms with Crippen LogP contribution in [0.4, 0.5) is 0 Å². The molecule has 0 bridgehead atoms. The molecule has 4 aromatic carbocycles. The number of para-hydroxylation sites is 3. The van der Waals surface area contributed by atoms with Crippen molar-refractivity contribution >= 4 is 52.9 Å². The molecule has 0 spiro atoms. The Labute approximate surface area is 237 Å². The van der Waals surface area contributed by atoms with Crippen LogP contribution in [0.1, 0.15) is 0 Å². The number of aromatic nitrogens is 4. The first-order valence-electron chi connectivity index (χ1n) is 12.3. The maximum absolute atomic E-state index is 14.3. The lowest BCUT2D eigenvalue weighted by molar-refractivity contribution is 0.585. The second kappa shape index (κ2) is 9.60. The van der Waals surface area contributed by atoms with Crippen molar-refractivity contribution in [1.29, 1.82) is 5.41 Å². The summed E-state index contributed by atoms with van der Waals surface area (Å²) in [5, 5.41) is 14.9. The van der Waals surface area contributed by atoms with E-state index in [1.54, 1.807) is 42.5 Å². The second-order valence-corrected chi connectivity index (χ2v) is 12.9. The smallest absolute Gasteiger partial charge is 0.226 e. The molecule has 0 atom stereocenters. The van der Waals surface area contributed by atoms with E-state index in [-0.39, 0.29) is 21.0 Å². The maximum atomic E-state index is 14.3. The van der Waals surface area contributed by atoms with E-state index in [0.29, 0.717) is 21.3 Å². The molecule has 0 aliphatic heterocycles. The van der Waals surface area contributed by atoms with E-state index in [2.05, 4.69) is 5.10 Å². The molecule has 7 rings (SSSR count). The molecular formula is C30H19N5O2S3. The largest absolute Gasteiger partial charge is 0.282 e. The monoisotopic (exact) mass is 577 g/mol. The summed E-state index contributed by atoms with van der Waals surface area (Å²) in [6.45, 7) is 0. The average Bonchev–Trinajstić information content (AvgIpc) is 3.62. The van der Waals surface area contributed by atoms with Crippen LogP contribution in [0.2, 0.25) is 0 Å². The standard InChI is InChI=1S/C30H19N5O2S3/c31-27-25(28-32-21-15-7-9-17-23(21)38-28)26(29-33-22-16-8-10-18-24(22)39-29)30(34-35(27)19-11-3-1-4-12-19)40(36,37)20-13-5-2-6-14-20/h1-18,31H. The van der Waals surface area contributed by atoms with Crippen LogP contribution in [0.3, 0.4) is 0 Å². The van der Waals surface area contributed by atoms with E-state index in [4.69, 9.17) is 9.97 Å². The minimum Gasteiger partial charge on any atom is -0.282 e. The van der Waals surface area contributed by atoms with Gasteiger partial charge in [-0.1, -0.05) is 60.7 Å². The SMILES string of the molecule is N=c1c(-c2nc3ccccc3s2)c(-c2nc3ccccc3s2)c(S(=O)(=O)c2ccccc2)nn1-c1ccccc1. The van der Waals surface area contributed by atoms with Crippen molar-refractivity contribution in [3.63, 3.8) is 0 Å². The van der Waals surface area contributed by atoms with Gasteiger partial charge in [0.25, 0.3) is 0 Å². The lowest BCUT2D eigenvalue weighted by Crippen LogP contribution is -2.27. The van der Waals surface area contributed by atoms with Gasteiger partial charge in [0, 0.05) is 0 Å². The van der Waals surface area contributed by atoms with Crippen molar-refractivity contribution in [1.82, 2.24) is 19.7 Å². The molecule has 40 heavy (non-hydrogen) atoms. The summed E-state index contributed by atoms with van der Waals surface area (Å²) < 4.78 is 31.8. The van der Waals surface area contributed by atoms with Crippen molar-refractivity contribution in [2.45, 2.75) is 9.92 Å². The highest BCUT2D eigenvalue weighted by Gasteiger charge is 2.32. The van der Waals surface area contributed by atoms with Crippen molar-refractivity contribution in [2.24, 2.45) is 0 Å². The van der Waals surface area contributed by atoms with Crippen LogP contribution in [0.15, 0.2) is 119 Å². The van der Waals surface area contributed by atoms with Crippen LogP contribution in [-0.4, -0.2) is 28.2 Å². The summed E-state index contributed by atoms with van der Waals surface area (Å²) in [5.41, 5.74) is 2.75. The maximum Gasteiger partial charge on any atom is 0.226 e. The lowest BCUT2D eigenvalue weighted by Gasteiger charge is -2.16. The van der Waals surface area contributed by atoms with Crippen LogP contribution in [0, 0.1) is 5.41 Å². The zero-order chi connectivity index (χ0) is 27.3. The van der Waals surface area contributed by atoms with Crippen LogP contribution in [-0.2, 0) is 9.84 Å². The Kier molecular flexibility index (Phi) is 5.88. The predicted molar refractivity (Wildman–Crippen MR) is 159 cm³/mol. The molecule has 7 nitrogen and oxygen atoms in total. The molecular weight excluding hydrogens is 559 g/mol. The highest BCUT2D eigenvalue weighted by Crippen LogP contribution is 2.41. The van der Waals surface area contributed by atoms with Crippen LogP contribution >= 0.6 is 22.7 Å². The Hall–Kier alpha value is -4.51. The van der Waals surface area contributed by atoms with Crippen LogP contribution < -0.4 is 5.49 Å². The fraction of sp³-hybridized carbons (Fsp3) is 0. The second-order valence-electron chi connectivity index (χ2n) is 8.94.